The highest BCUT2D eigenvalue weighted by Crippen LogP contribution is 2.30. The number of allylic oxidation sites excluding steroid dienone is 5. The number of nitrogens with zero attached hydrogens (tertiary/aromatic N) is 1. The Kier molecular flexibility index (Phi) is 24.2. The number of hydrogen-bond donors (Lipinski definition) is 3. The molecule has 1 atom stereocenters. The zero-order valence-electron chi connectivity index (χ0n) is 23.5. The van der Waals surface area contributed by atoms with E-state index in [1.807, 2.05) is 0 Å². The summed E-state index contributed by atoms with van der Waals surface area (Å²) in [5.74, 6) is 2.05. The largest absolute Gasteiger partial charge is 0.498 e. The van der Waals surface area contributed by atoms with E-state index in [4.69, 9.17) is 14.9 Å². The number of ether oxygens (including phenoxy) is 1. The Balaban J connectivity index is 0.00000104. The number of nitrogens with one attached hydrogen (secondary N) is 1. The van der Waals surface area contributed by atoms with Crippen LogP contribution >= 0.6 is 11.9 Å². The predicted octanol–water partition coefficient (Wildman–Crippen LogP) is 7.91. The first-order chi connectivity index (χ1) is 17.5. The van der Waals surface area contributed by atoms with Crippen molar-refractivity contribution in [3.05, 3.63) is 35.0 Å². The summed E-state index contributed by atoms with van der Waals surface area (Å²) in [5, 5.41) is 18.7. The van der Waals surface area contributed by atoms with Crippen molar-refractivity contribution in [1.82, 2.24) is 9.62 Å². The Hall–Kier alpha value is -1.44. The molecule has 2 aliphatic rings. The molecule has 1 heterocycles. The fourth-order valence-corrected chi connectivity index (χ4v) is 4.79. The van der Waals surface area contributed by atoms with Gasteiger partial charge in [0.2, 0.25) is 0 Å². The van der Waals surface area contributed by atoms with Crippen molar-refractivity contribution in [2.45, 2.75) is 105 Å². The lowest BCUT2D eigenvalue weighted by Crippen LogP contribution is -2.26. The number of aliphatic hydroxyl groups excluding tert-OH is 1. The van der Waals surface area contributed by atoms with Crippen LogP contribution in [0.2, 0.25) is 0 Å². The van der Waals surface area contributed by atoms with Crippen molar-refractivity contribution in [2.24, 2.45) is 5.92 Å². The van der Waals surface area contributed by atoms with Crippen LogP contribution in [0.5, 0.6) is 0 Å². The molecular weight excluding hydrogens is 472 g/mol. The molecule has 0 aromatic carbocycles. The third-order valence-corrected chi connectivity index (χ3v) is 6.98. The normalized spacial score (nSPS) is 19.0. The summed E-state index contributed by atoms with van der Waals surface area (Å²) in [6.07, 6.45) is 22.0. The molecule has 2 bridgehead atoms. The Morgan fingerprint density at radius 1 is 1.14 bits per heavy atom. The van der Waals surface area contributed by atoms with Crippen LogP contribution in [0.3, 0.4) is 0 Å². The molecule has 0 aromatic heterocycles. The molecule has 0 saturated heterocycles. The summed E-state index contributed by atoms with van der Waals surface area (Å²) in [6, 6.07) is 0. The van der Waals surface area contributed by atoms with Gasteiger partial charge in [-0.05, 0) is 82.2 Å². The molecule has 0 radical (unpaired) electrons. The Labute approximate surface area is 225 Å². The monoisotopic (exact) mass is 526 g/mol. The van der Waals surface area contributed by atoms with E-state index in [1.54, 1.807) is 18.9 Å². The lowest BCUT2D eigenvalue weighted by Gasteiger charge is -2.23. The van der Waals surface area contributed by atoms with Gasteiger partial charge in [0, 0.05) is 37.6 Å². The van der Waals surface area contributed by atoms with Gasteiger partial charge < -0.3 is 20.3 Å². The van der Waals surface area contributed by atoms with Gasteiger partial charge in [0.1, 0.15) is 0 Å². The average molecular weight is 527 g/mol. The molecule has 0 fully saturated rings. The van der Waals surface area contributed by atoms with Gasteiger partial charge in [-0.25, -0.2) is 9.10 Å². The summed E-state index contributed by atoms with van der Waals surface area (Å²) in [5.41, 5.74) is 0. The fraction of sp³-hybridized carbons (Fsp3) is 0.759. The molecule has 1 amide bonds. The van der Waals surface area contributed by atoms with Gasteiger partial charge in [0.15, 0.2) is 0 Å². The van der Waals surface area contributed by atoms with E-state index in [0.29, 0.717) is 6.54 Å². The molecule has 3 N–H and O–H groups in total. The van der Waals surface area contributed by atoms with E-state index in [9.17, 15) is 4.79 Å². The minimum Gasteiger partial charge on any atom is -0.498 e. The Bertz CT molecular complexity index is 622. The summed E-state index contributed by atoms with van der Waals surface area (Å²) >= 11 is 1.78. The smallest absolute Gasteiger partial charge is 0.404 e. The van der Waals surface area contributed by atoms with Gasteiger partial charge in [-0.2, -0.15) is 0 Å². The number of amides is 1. The molecule has 7 heteroatoms. The first-order valence-electron chi connectivity index (χ1n) is 14.2. The third kappa shape index (κ3) is 21.8. The van der Waals surface area contributed by atoms with Crippen LogP contribution in [-0.4, -0.2) is 53.5 Å². The standard InChI is InChI=1S/C20H32N2O3S.C7H16.C2H6O/c23-20(24)21-13-10-15-22-14-7-5-3-1-2-4-6-8-16-25-18-11-9-12-19(17-18)26-22;1-4-6-7(3)5-2;1-2-3/h1-2,12,17,21H,3-11,13-16H2,(H,23,24);7H,4-6H2,1-3H3;3H,2H2,1H3/b2-1-;;. The van der Waals surface area contributed by atoms with Gasteiger partial charge >= 0.3 is 6.09 Å². The summed E-state index contributed by atoms with van der Waals surface area (Å²) in [4.78, 5) is 11.8. The van der Waals surface area contributed by atoms with Crippen LogP contribution in [0.25, 0.3) is 0 Å². The van der Waals surface area contributed by atoms with Crippen molar-refractivity contribution >= 4 is 18.0 Å². The average Bonchev–Trinajstić information content (AvgIpc) is 2.85. The molecule has 6 nitrogen and oxygen atoms in total. The molecule has 0 aromatic rings. The van der Waals surface area contributed by atoms with Crippen molar-refractivity contribution in [2.75, 3.05) is 32.8 Å². The quantitative estimate of drug-likeness (QED) is 0.178. The van der Waals surface area contributed by atoms with E-state index in [2.05, 4.69) is 54.7 Å². The van der Waals surface area contributed by atoms with Crippen LogP contribution in [-0.2, 0) is 4.74 Å². The molecule has 1 aliphatic carbocycles. The highest BCUT2D eigenvalue weighted by molar-refractivity contribution is 8.01. The second kappa shape index (κ2) is 25.2. The Morgan fingerprint density at radius 3 is 2.44 bits per heavy atom. The SMILES string of the molecule is CCCC(C)CC.CCO.O=C(O)NCCCN1CCCC/C=C\CCCCOC2=CC(=CCC2)S1. The first kappa shape index (κ1) is 34.6. The van der Waals surface area contributed by atoms with E-state index < -0.39 is 6.09 Å². The fourth-order valence-electron chi connectivity index (χ4n) is 3.68. The number of aliphatic hydroxyl groups is 1. The number of carbonyl (C=O) groups is 1. The maximum atomic E-state index is 10.6. The highest BCUT2D eigenvalue weighted by atomic mass is 32.2. The molecule has 0 saturated carbocycles. The zero-order chi connectivity index (χ0) is 26.9. The summed E-state index contributed by atoms with van der Waals surface area (Å²) in [7, 11) is 0. The number of hydrogen-bond acceptors (Lipinski definition) is 5. The second-order valence-corrected chi connectivity index (χ2v) is 10.5. The molecule has 1 unspecified atom stereocenters. The second-order valence-electron chi connectivity index (χ2n) is 9.29. The molecule has 36 heavy (non-hydrogen) atoms. The van der Waals surface area contributed by atoms with Crippen molar-refractivity contribution in [3.63, 3.8) is 0 Å². The third-order valence-electron chi connectivity index (χ3n) is 5.86. The van der Waals surface area contributed by atoms with Crippen molar-refractivity contribution in [3.8, 4) is 0 Å². The van der Waals surface area contributed by atoms with Crippen LogP contribution in [0.1, 0.15) is 105 Å². The summed E-state index contributed by atoms with van der Waals surface area (Å²) < 4.78 is 8.33. The van der Waals surface area contributed by atoms with Crippen LogP contribution in [0.4, 0.5) is 4.79 Å². The topological polar surface area (TPSA) is 82.0 Å². The number of fused-ring (bicyclic) bond motifs is 1. The van der Waals surface area contributed by atoms with E-state index in [0.717, 1.165) is 76.3 Å². The summed E-state index contributed by atoms with van der Waals surface area (Å²) in [6.45, 7) is 11.9. The van der Waals surface area contributed by atoms with Crippen molar-refractivity contribution < 1.29 is 19.7 Å². The maximum Gasteiger partial charge on any atom is 0.404 e. The molecule has 1 aliphatic heterocycles. The predicted molar refractivity (Wildman–Crippen MR) is 155 cm³/mol. The molecular formula is C29H54N2O4S. The lowest BCUT2D eigenvalue weighted by molar-refractivity contribution is 0.194. The van der Waals surface area contributed by atoms with Gasteiger partial charge in [0.05, 0.1) is 12.4 Å². The molecule has 2 rings (SSSR count). The van der Waals surface area contributed by atoms with Crippen molar-refractivity contribution in [1.29, 1.82) is 0 Å². The Morgan fingerprint density at radius 2 is 1.83 bits per heavy atom. The zero-order valence-corrected chi connectivity index (χ0v) is 24.3. The van der Waals surface area contributed by atoms with Gasteiger partial charge in [-0.3, -0.25) is 0 Å². The number of rotatable bonds is 7. The van der Waals surface area contributed by atoms with Crippen LogP contribution in [0, 0.1) is 5.92 Å². The van der Waals surface area contributed by atoms with E-state index in [1.165, 1.54) is 37.0 Å². The van der Waals surface area contributed by atoms with Gasteiger partial charge in [0.25, 0.3) is 0 Å². The van der Waals surface area contributed by atoms with E-state index >= 15 is 0 Å². The van der Waals surface area contributed by atoms with Gasteiger partial charge in [-0.1, -0.05) is 58.3 Å². The van der Waals surface area contributed by atoms with E-state index in [-0.39, 0.29) is 6.61 Å². The van der Waals surface area contributed by atoms with Crippen LogP contribution in [0.15, 0.2) is 35.0 Å². The molecule has 0 spiro atoms. The lowest BCUT2D eigenvalue weighted by atomic mass is 10.0. The maximum absolute atomic E-state index is 10.6. The highest BCUT2D eigenvalue weighted by Gasteiger charge is 2.12. The van der Waals surface area contributed by atoms with Gasteiger partial charge in [-0.15, -0.1) is 0 Å². The number of carboxylic acid groups (broad SMARTS) is 1. The molecule has 210 valence electrons. The first-order valence-corrected chi connectivity index (χ1v) is 14.9. The van der Waals surface area contributed by atoms with Crippen LogP contribution < -0.4 is 5.32 Å². The minimum absolute atomic E-state index is 0.250. The minimum atomic E-state index is -0.947.